The molecule has 1 unspecified atom stereocenters. The van der Waals surface area contributed by atoms with E-state index in [2.05, 4.69) is 9.97 Å². The quantitative estimate of drug-likeness (QED) is 0.834. The molecule has 1 aromatic heterocycles. The molecule has 5 nitrogen and oxygen atoms in total. The number of aromatic nitrogens is 2. The van der Waals surface area contributed by atoms with Crippen LogP contribution in [-0.4, -0.2) is 16.6 Å². The van der Waals surface area contributed by atoms with E-state index in [1.165, 1.54) is 6.20 Å². The second kappa shape index (κ2) is 4.58. The Morgan fingerprint density at radius 1 is 1.37 bits per heavy atom. The molecule has 0 saturated carbocycles. The number of benzene rings is 1. The third-order valence-electron chi connectivity index (χ3n) is 3.20. The molecule has 3 rings (SSSR count). The summed E-state index contributed by atoms with van der Waals surface area (Å²) in [4.78, 5) is 8.42. The van der Waals surface area contributed by atoms with Crippen molar-refractivity contribution in [1.82, 2.24) is 9.97 Å². The number of nitriles is 1. The van der Waals surface area contributed by atoms with Crippen LogP contribution in [0, 0.1) is 11.3 Å². The molecule has 2 N–H and O–H groups in total. The highest BCUT2D eigenvalue weighted by Gasteiger charge is 2.23. The van der Waals surface area contributed by atoms with E-state index in [1.807, 2.05) is 30.3 Å². The average Bonchev–Trinajstić information content (AvgIpc) is 2.46. The molecule has 1 aromatic carbocycles. The van der Waals surface area contributed by atoms with Gasteiger partial charge in [0.2, 0.25) is 0 Å². The fraction of sp³-hybridized carbons (Fsp3) is 0.214. The number of nitrogens with two attached hydrogens (primary N) is 1. The summed E-state index contributed by atoms with van der Waals surface area (Å²) in [6, 6.07) is 9.89. The number of hydrogen-bond acceptors (Lipinski definition) is 5. The fourth-order valence-corrected chi connectivity index (χ4v) is 2.19. The highest BCUT2D eigenvalue weighted by molar-refractivity contribution is 5.47. The molecule has 1 aliphatic heterocycles. The molecule has 2 aromatic rings. The van der Waals surface area contributed by atoms with Gasteiger partial charge in [-0.25, -0.2) is 9.97 Å². The summed E-state index contributed by atoms with van der Waals surface area (Å²) in [6.07, 6.45) is 2.29. The molecule has 1 aliphatic rings. The van der Waals surface area contributed by atoms with E-state index in [1.54, 1.807) is 0 Å². The van der Waals surface area contributed by atoms with Gasteiger partial charge in [0, 0.05) is 0 Å². The van der Waals surface area contributed by atoms with Crippen LogP contribution in [0.25, 0.3) is 0 Å². The molecule has 0 saturated heterocycles. The van der Waals surface area contributed by atoms with E-state index in [-0.39, 0.29) is 11.7 Å². The molecule has 0 amide bonds. The molecule has 2 heterocycles. The molecule has 0 radical (unpaired) electrons. The number of rotatable bonds is 1. The van der Waals surface area contributed by atoms with Gasteiger partial charge >= 0.3 is 0 Å². The topological polar surface area (TPSA) is 84.8 Å². The third-order valence-corrected chi connectivity index (χ3v) is 3.20. The van der Waals surface area contributed by atoms with E-state index >= 15 is 0 Å². The Kier molecular flexibility index (Phi) is 2.76. The SMILES string of the molecule is N#Cc1cnc(C2COc3ccccc3C2)nc1N. The maximum Gasteiger partial charge on any atom is 0.145 e. The van der Waals surface area contributed by atoms with E-state index < -0.39 is 0 Å². The first kappa shape index (κ1) is 11.5. The van der Waals surface area contributed by atoms with Crippen LogP contribution in [0.3, 0.4) is 0 Å². The second-order valence-electron chi connectivity index (χ2n) is 4.46. The van der Waals surface area contributed by atoms with Crippen molar-refractivity contribution in [3.8, 4) is 11.8 Å². The van der Waals surface area contributed by atoms with Crippen molar-refractivity contribution >= 4 is 5.82 Å². The minimum Gasteiger partial charge on any atom is -0.493 e. The maximum absolute atomic E-state index is 8.82. The van der Waals surface area contributed by atoms with E-state index in [9.17, 15) is 0 Å². The number of para-hydroxylation sites is 1. The van der Waals surface area contributed by atoms with Crippen molar-refractivity contribution in [2.75, 3.05) is 12.3 Å². The predicted molar refractivity (Wildman–Crippen MR) is 69.5 cm³/mol. The number of anilines is 1. The highest BCUT2D eigenvalue weighted by Crippen LogP contribution is 2.31. The Balaban J connectivity index is 1.89. The molecule has 0 fully saturated rings. The Morgan fingerprint density at radius 2 is 2.21 bits per heavy atom. The van der Waals surface area contributed by atoms with Gasteiger partial charge in [-0.2, -0.15) is 5.26 Å². The van der Waals surface area contributed by atoms with Gasteiger partial charge in [-0.15, -0.1) is 0 Å². The van der Waals surface area contributed by atoms with Crippen molar-refractivity contribution in [3.05, 3.63) is 47.4 Å². The Bertz CT molecular complexity index is 663. The minimum atomic E-state index is 0.0740. The van der Waals surface area contributed by atoms with Crippen LogP contribution < -0.4 is 10.5 Å². The van der Waals surface area contributed by atoms with Gasteiger partial charge in [0.25, 0.3) is 0 Å². The molecule has 0 spiro atoms. The van der Waals surface area contributed by atoms with Gasteiger partial charge in [0.05, 0.1) is 18.7 Å². The van der Waals surface area contributed by atoms with Crippen LogP contribution in [-0.2, 0) is 6.42 Å². The van der Waals surface area contributed by atoms with Crippen LogP contribution >= 0.6 is 0 Å². The Morgan fingerprint density at radius 3 is 3.00 bits per heavy atom. The van der Waals surface area contributed by atoms with Crippen molar-refractivity contribution in [2.24, 2.45) is 0 Å². The fourth-order valence-electron chi connectivity index (χ4n) is 2.19. The molecular weight excluding hydrogens is 240 g/mol. The first-order valence-corrected chi connectivity index (χ1v) is 6.01. The summed E-state index contributed by atoms with van der Waals surface area (Å²) in [5.74, 6) is 1.85. The normalized spacial score (nSPS) is 17.1. The van der Waals surface area contributed by atoms with E-state index in [4.69, 9.17) is 15.7 Å². The van der Waals surface area contributed by atoms with Gasteiger partial charge in [0.15, 0.2) is 0 Å². The van der Waals surface area contributed by atoms with Gasteiger partial charge in [-0.3, -0.25) is 0 Å². The summed E-state index contributed by atoms with van der Waals surface area (Å²) in [7, 11) is 0. The molecule has 0 bridgehead atoms. The molecular formula is C14H12N4O. The first-order chi connectivity index (χ1) is 9.28. The van der Waals surface area contributed by atoms with Gasteiger partial charge in [-0.1, -0.05) is 18.2 Å². The lowest BCUT2D eigenvalue weighted by Gasteiger charge is -2.24. The second-order valence-corrected chi connectivity index (χ2v) is 4.46. The van der Waals surface area contributed by atoms with Crippen molar-refractivity contribution in [1.29, 1.82) is 5.26 Å². The van der Waals surface area contributed by atoms with Crippen molar-refractivity contribution in [2.45, 2.75) is 12.3 Å². The van der Waals surface area contributed by atoms with Crippen LogP contribution in [0.5, 0.6) is 5.75 Å². The van der Waals surface area contributed by atoms with Gasteiger partial charge in [-0.05, 0) is 18.1 Å². The number of hydrogen-bond donors (Lipinski definition) is 1. The summed E-state index contributed by atoms with van der Waals surface area (Å²) in [5, 5.41) is 8.82. The number of ether oxygens (including phenoxy) is 1. The third kappa shape index (κ3) is 2.08. The van der Waals surface area contributed by atoms with Crippen molar-refractivity contribution < 1.29 is 4.74 Å². The van der Waals surface area contributed by atoms with Gasteiger partial charge in [0.1, 0.15) is 29.0 Å². The lowest BCUT2D eigenvalue weighted by molar-refractivity contribution is 0.258. The lowest BCUT2D eigenvalue weighted by atomic mass is 9.96. The molecule has 94 valence electrons. The molecule has 19 heavy (non-hydrogen) atoms. The maximum atomic E-state index is 8.82. The van der Waals surface area contributed by atoms with Crippen LogP contribution in [0.15, 0.2) is 30.5 Å². The number of fused-ring (bicyclic) bond motifs is 1. The average molecular weight is 252 g/mol. The summed E-state index contributed by atoms with van der Waals surface area (Å²) in [5.41, 5.74) is 7.17. The smallest absolute Gasteiger partial charge is 0.145 e. The van der Waals surface area contributed by atoms with Crippen molar-refractivity contribution in [3.63, 3.8) is 0 Å². The lowest BCUT2D eigenvalue weighted by Crippen LogP contribution is -2.21. The van der Waals surface area contributed by atoms with E-state index in [0.29, 0.717) is 18.0 Å². The summed E-state index contributed by atoms with van der Waals surface area (Å²) < 4.78 is 5.70. The predicted octanol–water partition coefficient (Wildman–Crippen LogP) is 1.65. The number of nitrogens with zero attached hydrogens (tertiary/aromatic N) is 3. The zero-order valence-corrected chi connectivity index (χ0v) is 10.2. The largest absolute Gasteiger partial charge is 0.493 e. The molecule has 1 atom stereocenters. The molecule has 5 heteroatoms. The van der Waals surface area contributed by atoms with Gasteiger partial charge < -0.3 is 10.5 Å². The zero-order valence-electron chi connectivity index (χ0n) is 10.2. The van der Waals surface area contributed by atoms with Crippen LogP contribution in [0.2, 0.25) is 0 Å². The molecule has 0 aliphatic carbocycles. The highest BCUT2D eigenvalue weighted by atomic mass is 16.5. The first-order valence-electron chi connectivity index (χ1n) is 6.01. The summed E-state index contributed by atoms with van der Waals surface area (Å²) >= 11 is 0. The zero-order chi connectivity index (χ0) is 13.2. The van der Waals surface area contributed by atoms with Crippen LogP contribution in [0.4, 0.5) is 5.82 Å². The monoisotopic (exact) mass is 252 g/mol. The Hall–Kier alpha value is -2.61. The minimum absolute atomic E-state index is 0.0740. The summed E-state index contributed by atoms with van der Waals surface area (Å²) in [6.45, 7) is 0.530. The van der Waals surface area contributed by atoms with Crippen LogP contribution in [0.1, 0.15) is 22.9 Å². The standard InChI is InChI=1S/C14H12N4O/c15-6-11-7-17-14(18-13(11)16)10-5-9-3-1-2-4-12(9)19-8-10/h1-4,7,10H,5,8H2,(H2,16,17,18). The van der Waals surface area contributed by atoms with E-state index in [0.717, 1.165) is 17.7 Å². The Labute approximate surface area is 110 Å². The number of nitrogen functional groups attached to an aromatic ring is 1.